The highest BCUT2D eigenvalue weighted by Crippen LogP contribution is 2.37. The van der Waals surface area contributed by atoms with Crippen LogP contribution in [-0.4, -0.2) is 67.2 Å². The van der Waals surface area contributed by atoms with Crippen LogP contribution in [0.4, 0.5) is 9.59 Å². The molecule has 8 nitrogen and oxygen atoms in total. The number of hydrogen-bond donors (Lipinski definition) is 1. The number of carbonyl (C=O) groups excluding carboxylic acids is 3. The summed E-state index contributed by atoms with van der Waals surface area (Å²) in [5, 5.41) is 4.73. The minimum absolute atomic E-state index is 0.213. The van der Waals surface area contributed by atoms with E-state index in [-0.39, 0.29) is 6.42 Å². The monoisotopic (exact) mass is 729 g/mol. The molecule has 260 valence electrons. The molecule has 0 aliphatic rings. The zero-order chi connectivity index (χ0) is 36.4. The minimum Gasteiger partial charge on any atom is -0.444 e. The zero-order valence-electron chi connectivity index (χ0n) is 28.7. The summed E-state index contributed by atoms with van der Waals surface area (Å²) in [7, 11) is 5.06. The van der Waals surface area contributed by atoms with E-state index in [1.165, 1.54) is 11.9 Å². The summed E-state index contributed by atoms with van der Waals surface area (Å²) >= 11 is 24.2. The molecule has 0 heterocycles. The Bertz CT molecular complexity index is 1420. The highest BCUT2D eigenvalue weighted by atomic mass is 35.5. The van der Waals surface area contributed by atoms with Crippen molar-refractivity contribution in [3.05, 3.63) is 92.9 Å². The summed E-state index contributed by atoms with van der Waals surface area (Å²) in [5.74, 6) is 0. The van der Waals surface area contributed by atoms with E-state index in [0.29, 0.717) is 44.9 Å². The molecule has 1 N–H and O–H groups in total. The maximum Gasteiger partial charge on any atom is 0.411 e. The van der Waals surface area contributed by atoms with Crippen molar-refractivity contribution >= 4 is 64.9 Å². The average molecular weight is 732 g/mol. The highest BCUT2D eigenvalue weighted by Gasteiger charge is 2.41. The van der Waals surface area contributed by atoms with Crippen LogP contribution in [0.25, 0.3) is 0 Å². The molecule has 0 aromatic heterocycles. The van der Waals surface area contributed by atoms with Gasteiger partial charge in [-0.1, -0.05) is 70.7 Å². The van der Waals surface area contributed by atoms with Crippen LogP contribution in [0.3, 0.4) is 0 Å². The fourth-order valence-corrected chi connectivity index (χ4v) is 5.28. The van der Waals surface area contributed by atoms with E-state index in [4.69, 9.17) is 55.9 Å². The van der Waals surface area contributed by atoms with E-state index in [1.54, 1.807) is 75.2 Å². The van der Waals surface area contributed by atoms with Crippen molar-refractivity contribution in [1.29, 1.82) is 0 Å². The second-order valence-electron chi connectivity index (χ2n) is 12.9. The molecule has 2 unspecified atom stereocenters. The number of benzene rings is 2. The molecule has 0 radical (unpaired) electrons. The van der Waals surface area contributed by atoms with Gasteiger partial charge in [0, 0.05) is 20.6 Å². The van der Waals surface area contributed by atoms with Crippen molar-refractivity contribution in [3.63, 3.8) is 0 Å². The predicted molar refractivity (Wildman–Crippen MR) is 194 cm³/mol. The van der Waals surface area contributed by atoms with Gasteiger partial charge < -0.3 is 19.6 Å². The molecule has 12 heteroatoms. The molecule has 0 spiro atoms. The standard InChI is InChI=1S/C18H26Cl2N2O2.C17H21Cl2NO3/c1-7-10-18(12-21-5,13-8-9-14(19)15(20)11-13)22(6)16(23)24-17(2,3)4;1-6-9-17(11-21,12-7-8-13(18)14(19)10-12)20(5)15(22)23-16(2,3)4/h7-9,11,21H,1,10,12H2,2-6H3;6-8,10-11H,1,9H2,2-5H3. The number of hydrogen-bond acceptors (Lipinski definition) is 6. The van der Waals surface area contributed by atoms with Crippen molar-refractivity contribution in [1.82, 2.24) is 15.1 Å². The second-order valence-corrected chi connectivity index (χ2v) is 14.6. The lowest BCUT2D eigenvalue weighted by atomic mass is 9.85. The van der Waals surface area contributed by atoms with Gasteiger partial charge in [-0.2, -0.15) is 0 Å². The Morgan fingerprint density at radius 3 is 1.55 bits per heavy atom. The quantitative estimate of drug-likeness (QED) is 0.183. The third kappa shape index (κ3) is 11.4. The Morgan fingerprint density at radius 1 is 0.745 bits per heavy atom. The Kier molecular flexibility index (Phi) is 15.8. The molecule has 0 aliphatic heterocycles. The van der Waals surface area contributed by atoms with Gasteiger partial charge in [-0.15, -0.1) is 13.2 Å². The molecular weight excluding hydrogens is 684 g/mol. The van der Waals surface area contributed by atoms with E-state index < -0.39 is 34.5 Å². The van der Waals surface area contributed by atoms with Crippen LogP contribution in [0.1, 0.15) is 65.5 Å². The first-order chi connectivity index (χ1) is 21.6. The summed E-state index contributed by atoms with van der Waals surface area (Å²) in [4.78, 5) is 39.9. The third-order valence-corrected chi connectivity index (χ3v) is 8.53. The Labute approximate surface area is 300 Å². The second kappa shape index (κ2) is 17.6. The zero-order valence-corrected chi connectivity index (χ0v) is 31.7. The van der Waals surface area contributed by atoms with Gasteiger partial charge in [-0.3, -0.25) is 9.80 Å². The molecule has 2 rings (SSSR count). The summed E-state index contributed by atoms with van der Waals surface area (Å²) in [6, 6.07) is 10.2. The van der Waals surface area contributed by atoms with Crippen LogP contribution in [0.5, 0.6) is 0 Å². The molecule has 2 atom stereocenters. The molecule has 2 amide bonds. The lowest BCUT2D eigenvalue weighted by Crippen LogP contribution is -2.53. The molecule has 0 saturated carbocycles. The van der Waals surface area contributed by atoms with E-state index in [9.17, 15) is 14.4 Å². The number of nitrogens with one attached hydrogen (secondary N) is 1. The summed E-state index contributed by atoms with van der Waals surface area (Å²) in [6.45, 7) is 18.8. The Hall–Kier alpha value is -2.75. The first kappa shape index (κ1) is 42.3. The normalized spacial score (nSPS) is 13.9. The molecule has 0 fully saturated rings. The van der Waals surface area contributed by atoms with E-state index >= 15 is 0 Å². The lowest BCUT2D eigenvalue weighted by Gasteiger charge is -2.42. The third-order valence-electron chi connectivity index (χ3n) is 7.05. The van der Waals surface area contributed by atoms with Crippen LogP contribution in [0, 0.1) is 0 Å². The largest absolute Gasteiger partial charge is 0.444 e. The molecule has 2 aromatic rings. The van der Waals surface area contributed by atoms with Crippen LogP contribution >= 0.6 is 46.4 Å². The molecule has 47 heavy (non-hydrogen) atoms. The summed E-state index contributed by atoms with van der Waals surface area (Å²) < 4.78 is 10.9. The summed E-state index contributed by atoms with van der Waals surface area (Å²) in [5.41, 5.74) is -1.81. The van der Waals surface area contributed by atoms with Crippen LogP contribution in [0.15, 0.2) is 61.7 Å². The molecule has 0 saturated heterocycles. The maximum absolute atomic E-state index is 12.7. The van der Waals surface area contributed by atoms with Gasteiger partial charge in [0.15, 0.2) is 6.29 Å². The van der Waals surface area contributed by atoms with Gasteiger partial charge in [-0.05, 0) is 96.8 Å². The smallest absolute Gasteiger partial charge is 0.411 e. The molecule has 2 aromatic carbocycles. The molecule has 0 bridgehead atoms. The van der Waals surface area contributed by atoms with Crippen LogP contribution in [0.2, 0.25) is 20.1 Å². The fraction of sp³-hybridized carbons (Fsp3) is 0.457. The first-order valence-corrected chi connectivity index (χ1v) is 16.3. The van der Waals surface area contributed by atoms with Gasteiger partial charge in [0.1, 0.15) is 16.7 Å². The van der Waals surface area contributed by atoms with Gasteiger partial charge in [0.2, 0.25) is 0 Å². The van der Waals surface area contributed by atoms with Crippen molar-refractivity contribution in [2.24, 2.45) is 0 Å². The number of rotatable bonds is 11. The number of likely N-dealkylation sites (N-methyl/N-ethyl adjacent to an activating group) is 3. The van der Waals surface area contributed by atoms with E-state index in [2.05, 4.69) is 18.5 Å². The van der Waals surface area contributed by atoms with Crippen LogP contribution in [-0.2, 0) is 25.3 Å². The number of ether oxygens (including phenoxy) is 2. The van der Waals surface area contributed by atoms with Crippen LogP contribution < -0.4 is 5.32 Å². The van der Waals surface area contributed by atoms with E-state index in [1.807, 2.05) is 33.9 Å². The minimum atomic E-state index is -1.27. The van der Waals surface area contributed by atoms with Crippen molar-refractivity contribution in [3.8, 4) is 0 Å². The number of aldehydes is 1. The first-order valence-electron chi connectivity index (χ1n) is 14.8. The molecular formula is C35H47Cl4N3O5. The van der Waals surface area contributed by atoms with Gasteiger partial charge >= 0.3 is 12.2 Å². The number of halogens is 4. The summed E-state index contributed by atoms with van der Waals surface area (Å²) in [6.07, 6.45) is 3.76. The molecule has 0 aliphatic carbocycles. The van der Waals surface area contributed by atoms with Crippen molar-refractivity contribution in [2.75, 3.05) is 27.7 Å². The topological polar surface area (TPSA) is 88.2 Å². The number of amides is 2. The average Bonchev–Trinajstić information content (AvgIpc) is 2.96. The number of nitrogens with zero attached hydrogens (tertiary/aromatic N) is 2. The van der Waals surface area contributed by atoms with Gasteiger partial charge in [0.25, 0.3) is 0 Å². The Morgan fingerprint density at radius 2 is 1.17 bits per heavy atom. The predicted octanol–water partition coefficient (Wildman–Crippen LogP) is 9.68. The van der Waals surface area contributed by atoms with Crippen molar-refractivity contribution in [2.45, 2.75) is 76.7 Å². The fourth-order valence-electron chi connectivity index (χ4n) is 4.69. The van der Waals surface area contributed by atoms with Gasteiger partial charge in [-0.25, -0.2) is 9.59 Å². The lowest BCUT2D eigenvalue weighted by molar-refractivity contribution is -0.118. The highest BCUT2D eigenvalue weighted by molar-refractivity contribution is 6.42. The number of carbonyl (C=O) groups is 3. The Balaban J connectivity index is 0.000000470. The van der Waals surface area contributed by atoms with E-state index in [0.717, 1.165) is 5.56 Å². The van der Waals surface area contributed by atoms with Crippen molar-refractivity contribution < 1.29 is 23.9 Å². The van der Waals surface area contributed by atoms with Gasteiger partial charge in [0.05, 0.1) is 25.6 Å². The maximum atomic E-state index is 12.7. The SMILES string of the molecule is C=CCC(C=O)(c1ccc(Cl)c(Cl)c1)N(C)C(=O)OC(C)(C)C.C=CCC(CNC)(c1ccc(Cl)c(Cl)c1)N(C)C(=O)OC(C)(C)C.